The van der Waals surface area contributed by atoms with Gasteiger partial charge in [-0.1, -0.05) is 29.8 Å². The highest BCUT2D eigenvalue weighted by Crippen LogP contribution is 2.31. The Bertz CT molecular complexity index is 1500. The number of fused-ring (bicyclic) bond motifs is 1. The summed E-state index contributed by atoms with van der Waals surface area (Å²) in [7, 11) is 0. The number of anilines is 3. The maximum Gasteiger partial charge on any atom is 0.248 e. The second-order valence-corrected chi connectivity index (χ2v) is 10.6. The number of hydrogen-bond acceptors (Lipinski definition) is 7. The highest BCUT2D eigenvalue weighted by molar-refractivity contribution is 7.99. The van der Waals surface area contributed by atoms with Crippen molar-refractivity contribution in [2.24, 2.45) is 0 Å². The maximum atomic E-state index is 13.4. The summed E-state index contributed by atoms with van der Waals surface area (Å²) in [6, 6.07) is 17.0. The zero-order valence-corrected chi connectivity index (χ0v) is 22.6. The van der Waals surface area contributed by atoms with Gasteiger partial charge in [-0.3, -0.25) is 9.69 Å². The second kappa shape index (κ2) is 12.9. The summed E-state index contributed by atoms with van der Waals surface area (Å²) in [5.41, 5.74) is 2.78. The van der Waals surface area contributed by atoms with E-state index >= 15 is 0 Å². The van der Waals surface area contributed by atoms with Gasteiger partial charge in [0.1, 0.15) is 30.3 Å². The summed E-state index contributed by atoms with van der Waals surface area (Å²) in [5, 5.41) is 7.33. The van der Waals surface area contributed by atoms with Gasteiger partial charge in [0, 0.05) is 54.0 Å². The fourth-order valence-electron chi connectivity index (χ4n) is 4.13. The first-order valence-electron chi connectivity index (χ1n) is 12.5. The van der Waals surface area contributed by atoms with Crippen LogP contribution in [0.25, 0.3) is 10.9 Å². The standard InChI is InChI=1S/C29H27ClFN5O2S/c30-25-17-23(7-9-27(25)38-18-20-3-1-4-21(31)15-20)35-29-24-16-22(6-8-26(24)32-19-33-29)34-28(37)5-2-10-36-11-13-39-14-12-36/h1-9,15-17,19H,10-14,18H2,(H,34,37)(H,32,33,35)/b5-2+/i28-1. The van der Waals surface area contributed by atoms with Crippen molar-refractivity contribution in [1.82, 2.24) is 14.9 Å². The zero-order valence-electron chi connectivity index (χ0n) is 21.1. The van der Waals surface area contributed by atoms with Gasteiger partial charge in [-0.2, -0.15) is 11.8 Å². The summed E-state index contributed by atoms with van der Waals surface area (Å²) in [5.74, 6) is 2.82. The number of carbonyl (C=O) groups excluding carboxylic acids is 1. The van der Waals surface area contributed by atoms with Crippen LogP contribution in [0.5, 0.6) is 5.75 Å². The molecule has 0 aliphatic carbocycles. The van der Waals surface area contributed by atoms with E-state index in [0.29, 0.717) is 33.5 Å². The van der Waals surface area contributed by atoms with Crippen molar-refractivity contribution < 1.29 is 13.9 Å². The van der Waals surface area contributed by atoms with Crippen molar-refractivity contribution in [1.29, 1.82) is 0 Å². The number of thioether (sulfide) groups is 1. The molecule has 0 spiro atoms. The van der Waals surface area contributed by atoms with E-state index in [0.717, 1.165) is 42.0 Å². The van der Waals surface area contributed by atoms with Crippen molar-refractivity contribution in [3.8, 4) is 5.75 Å². The molecule has 0 unspecified atom stereocenters. The van der Waals surface area contributed by atoms with Crippen LogP contribution in [0.2, 0.25) is 5.02 Å². The van der Waals surface area contributed by atoms with Gasteiger partial charge in [-0.15, -0.1) is 0 Å². The molecule has 10 heteroatoms. The fraction of sp³-hybridized carbons (Fsp3) is 0.207. The Morgan fingerprint density at radius 3 is 2.74 bits per heavy atom. The molecule has 1 saturated heterocycles. The molecule has 3 aromatic carbocycles. The normalized spacial score (nSPS) is 14.0. The molecule has 2 heterocycles. The summed E-state index contributed by atoms with van der Waals surface area (Å²) >= 11 is 8.42. The molecular weight excluding hydrogens is 536 g/mol. The van der Waals surface area contributed by atoms with E-state index in [9.17, 15) is 9.18 Å². The Labute approximate surface area is 235 Å². The van der Waals surface area contributed by atoms with Gasteiger partial charge in [0.25, 0.3) is 0 Å². The van der Waals surface area contributed by atoms with E-state index in [1.54, 1.807) is 30.3 Å². The molecular formula is C29H27ClFN5O2S. The summed E-state index contributed by atoms with van der Waals surface area (Å²) < 4.78 is 19.2. The molecule has 2 N–H and O–H groups in total. The van der Waals surface area contributed by atoms with E-state index < -0.39 is 0 Å². The van der Waals surface area contributed by atoms with Gasteiger partial charge in [0.2, 0.25) is 5.91 Å². The quantitative estimate of drug-likeness (QED) is 0.232. The SMILES string of the molecule is O=[11C](/C=C/CN1CCSCC1)Nc1ccc2ncnc(Nc3ccc(OCc4cccc(F)c4)c(Cl)c3)c2c1. The van der Waals surface area contributed by atoms with Gasteiger partial charge in [-0.25, -0.2) is 14.4 Å². The Morgan fingerprint density at radius 1 is 1.08 bits per heavy atom. The Kier molecular flexibility index (Phi) is 8.93. The van der Waals surface area contributed by atoms with Crippen LogP contribution in [0.15, 0.2) is 79.1 Å². The smallest absolute Gasteiger partial charge is 0.248 e. The molecule has 0 radical (unpaired) electrons. The minimum atomic E-state index is -0.315. The van der Waals surface area contributed by atoms with Crippen molar-refractivity contribution in [2.45, 2.75) is 6.61 Å². The molecule has 1 aliphatic heterocycles. The van der Waals surface area contributed by atoms with Gasteiger partial charge >= 0.3 is 0 Å². The fourth-order valence-corrected chi connectivity index (χ4v) is 5.34. The minimum absolute atomic E-state index is 0.187. The van der Waals surface area contributed by atoms with Crippen LogP contribution in [0.4, 0.5) is 21.6 Å². The number of benzene rings is 3. The summed E-state index contributed by atoms with van der Waals surface area (Å²) in [4.78, 5) is 23.6. The molecule has 1 aromatic heterocycles. The molecule has 200 valence electrons. The average molecular weight is 563 g/mol. The maximum absolute atomic E-state index is 13.4. The number of carbonyl (C=O) groups is 1. The van der Waals surface area contributed by atoms with Crippen LogP contribution in [-0.4, -0.2) is 51.9 Å². The number of ether oxygens (including phenoxy) is 1. The molecule has 7 nitrogen and oxygen atoms in total. The van der Waals surface area contributed by atoms with Gasteiger partial charge in [0.05, 0.1) is 10.5 Å². The second-order valence-electron chi connectivity index (χ2n) is 8.95. The number of aromatic nitrogens is 2. The molecule has 5 rings (SSSR count). The van der Waals surface area contributed by atoms with Crippen molar-refractivity contribution in [2.75, 3.05) is 41.8 Å². The lowest BCUT2D eigenvalue weighted by Gasteiger charge is -2.24. The van der Waals surface area contributed by atoms with Crippen LogP contribution < -0.4 is 15.4 Å². The number of hydrogen-bond donors (Lipinski definition) is 2. The first-order chi connectivity index (χ1) is 19.0. The molecule has 0 bridgehead atoms. The monoisotopic (exact) mass is 562 g/mol. The van der Waals surface area contributed by atoms with Crippen LogP contribution >= 0.6 is 23.4 Å². The third-order valence-corrected chi connectivity index (χ3v) is 7.36. The molecule has 1 amide bonds. The van der Waals surface area contributed by atoms with Gasteiger partial charge in [0.15, 0.2) is 0 Å². The summed E-state index contributed by atoms with van der Waals surface area (Å²) in [6.07, 6.45) is 4.95. The lowest BCUT2D eigenvalue weighted by molar-refractivity contribution is -0.111. The molecule has 0 atom stereocenters. The predicted octanol–water partition coefficient (Wildman–Crippen LogP) is 6.29. The largest absolute Gasteiger partial charge is 0.487 e. The van der Waals surface area contributed by atoms with E-state index in [-0.39, 0.29) is 18.3 Å². The van der Waals surface area contributed by atoms with Crippen molar-refractivity contribution in [3.63, 3.8) is 0 Å². The molecule has 39 heavy (non-hydrogen) atoms. The lowest BCUT2D eigenvalue weighted by Crippen LogP contribution is -2.32. The molecule has 0 saturated carbocycles. The zero-order chi connectivity index (χ0) is 27.0. The molecule has 1 fully saturated rings. The van der Waals surface area contributed by atoms with E-state index in [4.69, 9.17) is 16.3 Å². The van der Waals surface area contributed by atoms with Crippen molar-refractivity contribution >= 4 is 57.4 Å². The lowest BCUT2D eigenvalue weighted by atomic mass is 10.00. The minimum Gasteiger partial charge on any atom is -0.487 e. The predicted molar refractivity (Wildman–Crippen MR) is 157 cm³/mol. The van der Waals surface area contributed by atoms with Crippen LogP contribution in [0, 0.1) is 5.82 Å². The first-order valence-corrected chi connectivity index (χ1v) is 14.0. The number of amides is 1. The molecule has 1 aliphatic rings. The van der Waals surface area contributed by atoms with Crippen molar-refractivity contribution in [3.05, 3.63) is 95.5 Å². The third kappa shape index (κ3) is 7.47. The highest BCUT2D eigenvalue weighted by atomic mass is 35.5. The average Bonchev–Trinajstić information content (AvgIpc) is 2.93. The number of halogens is 2. The van der Waals surface area contributed by atoms with Gasteiger partial charge in [-0.05, 0) is 54.1 Å². The van der Waals surface area contributed by atoms with E-state index in [1.807, 2.05) is 42.1 Å². The van der Waals surface area contributed by atoms with E-state index in [2.05, 4.69) is 25.5 Å². The third-order valence-electron chi connectivity index (χ3n) is 6.12. The van der Waals surface area contributed by atoms with Gasteiger partial charge < -0.3 is 15.4 Å². The number of rotatable bonds is 9. The van der Waals surface area contributed by atoms with E-state index in [1.165, 1.54) is 18.5 Å². The molecule has 4 aromatic rings. The van der Waals surface area contributed by atoms with Crippen LogP contribution in [0.3, 0.4) is 0 Å². The highest BCUT2D eigenvalue weighted by Gasteiger charge is 2.10. The van der Waals surface area contributed by atoms with Crippen LogP contribution in [-0.2, 0) is 11.4 Å². The first kappa shape index (κ1) is 26.9. The number of nitrogens with one attached hydrogen (secondary N) is 2. The summed E-state index contributed by atoms with van der Waals surface area (Å²) in [6.45, 7) is 3.06. The van der Waals surface area contributed by atoms with Crippen LogP contribution in [0.1, 0.15) is 5.56 Å². The topological polar surface area (TPSA) is 79.4 Å². The Hall–Kier alpha value is -3.66. The Balaban J connectivity index is 1.24. The Morgan fingerprint density at radius 2 is 1.92 bits per heavy atom. The number of nitrogens with zero attached hydrogens (tertiary/aromatic N) is 3.